The van der Waals surface area contributed by atoms with Crippen LogP contribution in [0.4, 0.5) is 5.82 Å². The van der Waals surface area contributed by atoms with Gasteiger partial charge in [0.15, 0.2) is 11.5 Å². The van der Waals surface area contributed by atoms with Crippen molar-refractivity contribution in [2.45, 2.75) is 39.7 Å². The number of nitrogens with one attached hydrogen (secondary N) is 2. The SMILES string of the molecule is Cc1cc(-c2nc(C(=O)NC(C)c3ncc(C(C)C)[nH]3)c(N)nc2-c2ccn(C)n2)cc(Cl)n1. The van der Waals surface area contributed by atoms with Crippen molar-refractivity contribution in [2.24, 2.45) is 7.05 Å². The van der Waals surface area contributed by atoms with Crippen molar-refractivity contribution < 1.29 is 4.79 Å². The monoisotopic (exact) mass is 479 g/mol. The van der Waals surface area contributed by atoms with Crippen LogP contribution in [0, 0.1) is 6.92 Å². The molecule has 0 saturated carbocycles. The summed E-state index contributed by atoms with van der Waals surface area (Å²) < 4.78 is 1.65. The summed E-state index contributed by atoms with van der Waals surface area (Å²) in [5, 5.41) is 7.63. The molecule has 4 heterocycles. The van der Waals surface area contributed by atoms with Crippen LogP contribution in [0.1, 0.15) is 60.4 Å². The van der Waals surface area contributed by atoms with Gasteiger partial charge in [-0.05, 0) is 38.0 Å². The number of hydrogen-bond acceptors (Lipinski definition) is 7. The van der Waals surface area contributed by atoms with Crippen molar-refractivity contribution >= 4 is 23.3 Å². The number of imidazole rings is 1. The van der Waals surface area contributed by atoms with Crippen LogP contribution >= 0.6 is 11.6 Å². The highest BCUT2D eigenvalue weighted by molar-refractivity contribution is 6.29. The van der Waals surface area contributed by atoms with Gasteiger partial charge in [0, 0.05) is 36.4 Å². The van der Waals surface area contributed by atoms with Crippen LogP contribution in [0.25, 0.3) is 22.6 Å². The van der Waals surface area contributed by atoms with Crippen LogP contribution in [0.15, 0.2) is 30.6 Å². The minimum absolute atomic E-state index is 0.00255. The molecule has 0 aromatic carbocycles. The van der Waals surface area contributed by atoms with Crippen molar-refractivity contribution in [3.8, 4) is 22.6 Å². The number of carbonyl (C=O) groups excluding carboxylic acids is 1. The fraction of sp³-hybridized carbons (Fsp3) is 0.304. The fourth-order valence-electron chi connectivity index (χ4n) is 3.50. The molecular formula is C23H26ClN9O. The number of anilines is 1. The quantitative estimate of drug-likeness (QED) is 0.357. The maximum absolute atomic E-state index is 13.2. The predicted molar refractivity (Wildman–Crippen MR) is 130 cm³/mol. The number of amides is 1. The smallest absolute Gasteiger partial charge is 0.274 e. The Morgan fingerprint density at radius 1 is 1.18 bits per heavy atom. The third kappa shape index (κ3) is 4.76. The molecule has 0 fully saturated rings. The molecule has 4 aromatic heterocycles. The number of nitrogens with two attached hydrogens (primary N) is 1. The number of carbonyl (C=O) groups is 1. The number of aryl methyl sites for hydroxylation is 2. The molecule has 1 amide bonds. The van der Waals surface area contributed by atoms with Crippen LogP contribution < -0.4 is 11.1 Å². The topological polar surface area (TPSA) is 140 Å². The van der Waals surface area contributed by atoms with Gasteiger partial charge in [-0.2, -0.15) is 5.10 Å². The van der Waals surface area contributed by atoms with Gasteiger partial charge in [0.05, 0.1) is 11.7 Å². The largest absolute Gasteiger partial charge is 0.382 e. The summed E-state index contributed by atoms with van der Waals surface area (Å²) in [7, 11) is 1.80. The molecule has 10 nitrogen and oxygen atoms in total. The van der Waals surface area contributed by atoms with Crippen molar-refractivity contribution in [1.82, 2.24) is 40.0 Å². The Morgan fingerprint density at radius 3 is 2.56 bits per heavy atom. The molecule has 0 radical (unpaired) electrons. The first-order valence-electron chi connectivity index (χ1n) is 10.8. The molecule has 34 heavy (non-hydrogen) atoms. The highest BCUT2D eigenvalue weighted by atomic mass is 35.5. The molecule has 1 atom stereocenters. The van der Waals surface area contributed by atoms with E-state index >= 15 is 0 Å². The molecule has 4 aromatic rings. The van der Waals surface area contributed by atoms with Crippen molar-refractivity contribution in [3.05, 3.63) is 58.7 Å². The van der Waals surface area contributed by atoms with Crippen LogP contribution in [0.2, 0.25) is 5.15 Å². The molecule has 11 heteroatoms. The van der Waals surface area contributed by atoms with Crippen LogP contribution in [-0.2, 0) is 7.05 Å². The summed E-state index contributed by atoms with van der Waals surface area (Å²) >= 11 is 6.20. The van der Waals surface area contributed by atoms with E-state index in [1.165, 1.54) is 0 Å². The predicted octanol–water partition coefficient (Wildman–Crippen LogP) is 3.82. The summed E-state index contributed by atoms with van der Waals surface area (Å²) in [4.78, 5) is 34.1. The Bertz CT molecular complexity index is 1340. The Morgan fingerprint density at radius 2 is 1.94 bits per heavy atom. The third-order valence-corrected chi connectivity index (χ3v) is 5.48. The molecule has 4 N–H and O–H groups in total. The number of hydrogen-bond donors (Lipinski definition) is 3. The first-order chi connectivity index (χ1) is 16.1. The lowest BCUT2D eigenvalue weighted by atomic mass is 10.1. The molecule has 4 rings (SSSR count). The molecule has 0 saturated heterocycles. The summed E-state index contributed by atoms with van der Waals surface area (Å²) in [5.41, 5.74) is 9.98. The van der Waals surface area contributed by atoms with Crippen LogP contribution in [0.5, 0.6) is 0 Å². The zero-order valence-corrected chi connectivity index (χ0v) is 20.3. The number of aromatic nitrogens is 7. The Hall–Kier alpha value is -3.79. The Balaban J connectivity index is 1.75. The lowest BCUT2D eigenvalue weighted by molar-refractivity contribution is 0.0934. The van der Waals surface area contributed by atoms with Gasteiger partial charge in [-0.25, -0.2) is 19.9 Å². The first kappa shape index (κ1) is 23.4. The highest BCUT2D eigenvalue weighted by Crippen LogP contribution is 2.31. The van der Waals surface area contributed by atoms with Gasteiger partial charge in [0.25, 0.3) is 5.91 Å². The number of pyridine rings is 1. The Labute approximate surface area is 202 Å². The zero-order valence-electron chi connectivity index (χ0n) is 19.6. The van der Waals surface area contributed by atoms with Crippen molar-refractivity contribution in [3.63, 3.8) is 0 Å². The van der Waals surface area contributed by atoms with Gasteiger partial charge in [-0.3, -0.25) is 9.48 Å². The molecule has 176 valence electrons. The standard InChI is InChI=1S/C23H26ClN9O/c1-11(2)16-10-26-22(29-16)13(4)28-23(34)20-21(25)31-19(15-6-7-33(5)32-15)18(30-20)14-8-12(3)27-17(24)9-14/h6-11,13H,1-5H3,(H2,25,31)(H,26,29)(H,28,34). The number of H-pyrrole nitrogens is 1. The van der Waals surface area contributed by atoms with Gasteiger partial charge < -0.3 is 16.0 Å². The van der Waals surface area contributed by atoms with E-state index in [1.807, 2.05) is 19.9 Å². The molecule has 1 unspecified atom stereocenters. The number of rotatable bonds is 6. The minimum atomic E-state index is -0.467. The highest BCUT2D eigenvalue weighted by Gasteiger charge is 2.23. The maximum Gasteiger partial charge on any atom is 0.274 e. The average Bonchev–Trinajstić information content (AvgIpc) is 3.42. The number of nitrogens with zero attached hydrogens (tertiary/aromatic N) is 6. The van der Waals surface area contributed by atoms with E-state index < -0.39 is 11.9 Å². The zero-order chi connectivity index (χ0) is 24.6. The molecule has 0 bridgehead atoms. The van der Waals surface area contributed by atoms with E-state index in [9.17, 15) is 4.79 Å². The van der Waals surface area contributed by atoms with Gasteiger partial charge in [-0.1, -0.05) is 25.4 Å². The average molecular weight is 480 g/mol. The number of halogens is 1. The molecule has 0 aliphatic rings. The Kier molecular flexibility index (Phi) is 6.34. The number of aromatic amines is 1. The molecule has 0 aliphatic carbocycles. The molecular weight excluding hydrogens is 454 g/mol. The molecule has 0 spiro atoms. The van der Waals surface area contributed by atoms with E-state index in [-0.39, 0.29) is 11.5 Å². The minimum Gasteiger partial charge on any atom is -0.382 e. The van der Waals surface area contributed by atoms with Gasteiger partial charge in [0.2, 0.25) is 0 Å². The first-order valence-corrected chi connectivity index (χ1v) is 11.2. The van der Waals surface area contributed by atoms with E-state index in [0.29, 0.717) is 45.2 Å². The normalized spacial score (nSPS) is 12.2. The van der Waals surface area contributed by atoms with Crippen molar-refractivity contribution in [2.75, 3.05) is 5.73 Å². The summed E-state index contributed by atoms with van der Waals surface area (Å²) in [5.74, 6) is 0.465. The fourth-order valence-corrected chi connectivity index (χ4v) is 3.75. The molecule has 0 aliphatic heterocycles. The van der Waals surface area contributed by atoms with Crippen LogP contribution in [-0.4, -0.2) is 40.6 Å². The van der Waals surface area contributed by atoms with E-state index in [2.05, 4.69) is 49.2 Å². The second-order valence-corrected chi connectivity index (χ2v) is 8.81. The summed E-state index contributed by atoms with van der Waals surface area (Å²) in [6, 6.07) is 4.90. The van der Waals surface area contributed by atoms with Crippen LogP contribution in [0.3, 0.4) is 0 Å². The van der Waals surface area contributed by atoms with E-state index in [1.54, 1.807) is 36.3 Å². The lowest BCUT2D eigenvalue weighted by Crippen LogP contribution is -2.29. The van der Waals surface area contributed by atoms with Crippen molar-refractivity contribution in [1.29, 1.82) is 0 Å². The summed E-state index contributed by atoms with van der Waals surface area (Å²) in [6.45, 7) is 7.79. The van der Waals surface area contributed by atoms with Gasteiger partial charge >= 0.3 is 0 Å². The second kappa shape index (κ2) is 9.22. The summed E-state index contributed by atoms with van der Waals surface area (Å²) in [6.07, 6.45) is 3.56. The number of nitrogen functional groups attached to an aromatic ring is 1. The lowest BCUT2D eigenvalue weighted by Gasteiger charge is -2.15. The van der Waals surface area contributed by atoms with Gasteiger partial charge in [0.1, 0.15) is 22.4 Å². The maximum atomic E-state index is 13.2. The van der Waals surface area contributed by atoms with E-state index in [0.717, 1.165) is 5.69 Å². The van der Waals surface area contributed by atoms with Gasteiger partial charge in [-0.15, -0.1) is 0 Å². The second-order valence-electron chi connectivity index (χ2n) is 8.42. The third-order valence-electron chi connectivity index (χ3n) is 5.28. The van der Waals surface area contributed by atoms with E-state index in [4.69, 9.17) is 17.3 Å².